The minimum Gasteiger partial charge on any atom is -0.497 e. The molecule has 3 aromatic carbocycles. The van der Waals surface area contributed by atoms with E-state index >= 15 is 0 Å². The average molecular weight is 504 g/mol. The van der Waals surface area contributed by atoms with E-state index in [2.05, 4.69) is 40.8 Å². The second-order valence-electron chi connectivity index (χ2n) is 8.22. The zero-order chi connectivity index (χ0) is 24.0. The SMILES string of the molecule is COc1ccc2[nH]cc(CCNCc3cccc(OCc4nc(-c5ccc(Cl)cc5)cs4)c3)c2c1. The molecule has 35 heavy (non-hydrogen) atoms. The largest absolute Gasteiger partial charge is 0.497 e. The Hall–Kier alpha value is -3.32. The van der Waals surface area contributed by atoms with Crippen molar-refractivity contribution >= 4 is 33.8 Å². The molecule has 0 aliphatic rings. The van der Waals surface area contributed by atoms with Crippen LogP contribution in [0.5, 0.6) is 11.5 Å². The minimum atomic E-state index is 0.444. The van der Waals surface area contributed by atoms with Crippen molar-refractivity contribution in [3.05, 3.63) is 99.5 Å². The van der Waals surface area contributed by atoms with Crippen LogP contribution in [0, 0.1) is 0 Å². The van der Waals surface area contributed by atoms with E-state index in [0.29, 0.717) is 6.61 Å². The molecule has 2 aromatic heterocycles. The number of methoxy groups -OCH3 is 1. The number of benzene rings is 3. The first-order chi connectivity index (χ1) is 17.2. The number of hydrogen-bond acceptors (Lipinski definition) is 5. The number of ether oxygens (including phenoxy) is 2. The normalized spacial score (nSPS) is 11.1. The molecule has 2 heterocycles. The summed E-state index contributed by atoms with van der Waals surface area (Å²) in [6.07, 6.45) is 3.01. The van der Waals surface area contributed by atoms with Crippen LogP contribution in [-0.4, -0.2) is 23.6 Å². The highest BCUT2D eigenvalue weighted by atomic mass is 35.5. The smallest absolute Gasteiger partial charge is 0.140 e. The van der Waals surface area contributed by atoms with Crippen LogP contribution < -0.4 is 14.8 Å². The van der Waals surface area contributed by atoms with Gasteiger partial charge in [0.05, 0.1) is 12.8 Å². The van der Waals surface area contributed by atoms with E-state index in [1.807, 2.05) is 47.8 Å². The molecule has 0 aliphatic heterocycles. The van der Waals surface area contributed by atoms with Crippen molar-refractivity contribution in [2.45, 2.75) is 19.6 Å². The molecule has 5 aromatic rings. The third kappa shape index (κ3) is 5.85. The molecule has 0 unspecified atom stereocenters. The number of rotatable bonds is 10. The van der Waals surface area contributed by atoms with E-state index in [4.69, 9.17) is 26.1 Å². The van der Waals surface area contributed by atoms with Crippen LogP contribution in [0.25, 0.3) is 22.2 Å². The first-order valence-corrected chi connectivity index (χ1v) is 12.7. The molecule has 2 N–H and O–H groups in total. The third-order valence-corrected chi connectivity index (χ3v) is 6.90. The van der Waals surface area contributed by atoms with Gasteiger partial charge in [0.1, 0.15) is 23.1 Å². The predicted octanol–water partition coefficient (Wildman–Crippen LogP) is 6.86. The van der Waals surface area contributed by atoms with Gasteiger partial charge in [-0.1, -0.05) is 35.9 Å². The van der Waals surface area contributed by atoms with E-state index in [1.165, 1.54) is 16.5 Å². The lowest BCUT2D eigenvalue weighted by Crippen LogP contribution is -2.16. The number of nitrogens with one attached hydrogen (secondary N) is 2. The van der Waals surface area contributed by atoms with Crippen LogP contribution in [0.15, 0.2) is 78.3 Å². The van der Waals surface area contributed by atoms with Crippen LogP contribution in [-0.2, 0) is 19.6 Å². The van der Waals surface area contributed by atoms with Gasteiger partial charge in [0.15, 0.2) is 0 Å². The van der Waals surface area contributed by atoms with Gasteiger partial charge in [-0.15, -0.1) is 11.3 Å². The lowest BCUT2D eigenvalue weighted by Gasteiger charge is -2.08. The summed E-state index contributed by atoms with van der Waals surface area (Å²) in [5.41, 5.74) is 5.59. The maximum Gasteiger partial charge on any atom is 0.140 e. The number of fused-ring (bicyclic) bond motifs is 1. The first-order valence-electron chi connectivity index (χ1n) is 11.4. The van der Waals surface area contributed by atoms with Crippen molar-refractivity contribution in [2.24, 2.45) is 0 Å². The van der Waals surface area contributed by atoms with E-state index in [-0.39, 0.29) is 0 Å². The lowest BCUT2D eigenvalue weighted by molar-refractivity contribution is 0.305. The molecule has 0 bridgehead atoms. The van der Waals surface area contributed by atoms with Crippen molar-refractivity contribution in [3.63, 3.8) is 0 Å². The summed E-state index contributed by atoms with van der Waals surface area (Å²) in [7, 11) is 1.70. The van der Waals surface area contributed by atoms with E-state index in [1.54, 1.807) is 18.4 Å². The quantitative estimate of drug-likeness (QED) is 0.204. The summed E-state index contributed by atoms with van der Waals surface area (Å²) < 4.78 is 11.4. The van der Waals surface area contributed by atoms with Crippen molar-refractivity contribution in [2.75, 3.05) is 13.7 Å². The maximum absolute atomic E-state index is 6.02. The number of H-pyrrole nitrogens is 1. The second kappa shape index (κ2) is 11.0. The number of thiazole rings is 1. The summed E-state index contributed by atoms with van der Waals surface area (Å²) in [4.78, 5) is 8.03. The van der Waals surface area contributed by atoms with Gasteiger partial charge in [0, 0.05) is 39.6 Å². The van der Waals surface area contributed by atoms with Gasteiger partial charge in [-0.3, -0.25) is 0 Å². The molecule has 5 nitrogen and oxygen atoms in total. The summed E-state index contributed by atoms with van der Waals surface area (Å²) in [5, 5.41) is 8.46. The van der Waals surface area contributed by atoms with Gasteiger partial charge in [0.2, 0.25) is 0 Å². The van der Waals surface area contributed by atoms with Crippen molar-refractivity contribution in [1.29, 1.82) is 0 Å². The number of halogens is 1. The average Bonchev–Trinajstić information content (AvgIpc) is 3.53. The zero-order valence-electron chi connectivity index (χ0n) is 19.4. The summed E-state index contributed by atoms with van der Waals surface area (Å²) in [6.45, 7) is 2.10. The molecule has 178 valence electrons. The van der Waals surface area contributed by atoms with Crippen LogP contribution in [0.3, 0.4) is 0 Å². The topological polar surface area (TPSA) is 59.2 Å². The van der Waals surface area contributed by atoms with E-state index < -0.39 is 0 Å². The van der Waals surface area contributed by atoms with Gasteiger partial charge < -0.3 is 19.8 Å². The summed E-state index contributed by atoms with van der Waals surface area (Å²) in [6, 6.07) is 22.0. The van der Waals surface area contributed by atoms with Crippen LogP contribution in [0.2, 0.25) is 5.02 Å². The molecule has 0 fully saturated rings. The lowest BCUT2D eigenvalue weighted by atomic mass is 10.1. The van der Waals surface area contributed by atoms with Crippen molar-refractivity contribution in [1.82, 2.24) is 15.3 Å². The predicted molar refractivity (Wildman–Crippen MR) is 144 cm³/mol. The van der Waals surface area contributed by atoms with Gasteiger partial charge in [-0.25, -0.2) is 4.98 Å². The number of aromatic nitrogens is 2. The van der Waals surface area contributed by atoms with Gasteiger partial charge >= 0.3 is 0 Å². The molecule has 5 rings (SSSR count). The Bertz CT molecular complexity index is 1410. The minimum absolute atomic E-state index is 0.444. The third-order valence-electron chi connectivity index (χ3n) is 5.83. The standard InChI is InChI=1S/C28H26ClN3O2S/c1-33-23-9-10-26-25(14-23)21(16-31-26)11-12-30-15-19-3-2-4-24(13-19)34-17-28-32-27(18-35-28)20-5-7-22(29)8-6-20/h2-10,13-14,16,18,30-31H,11-12,15,17H2,1H3. The van der Waals surface area contributed by atoms with E-state index in [9.17, 15) is 0 Å². The van der Waals surface area contributed by atoms with E-state index in [0.717, 1.165) is 57.8 Å². The molecule has 0 amide bonds. The fourth-order valence-corrected chi connectivity index (χ4v) is 4.81. The summed E-state index contributed by atoms with van der Waals surface area (Å²) in [5.74, 6) is 1.72. The van der Waals surface area contributed by atoms with Crippen molar-refractivity contribution < 1.29 is 9.47 Å². The second-order valence-corrected chi connectivity index (χ2v) is 9.60. The van der Waals surface area contributed by atoms with Gasteiger partial charge in [0.25, 0.3) is 0 Å². The number of aromatic amines is 1. The Kier molecular flexibility index (Phi) is 7.33. The van der Waals surface area contributed by atoms with Crippen molar-refractivity contribution in [3.8, 4) is 22.8 Å². The highest BCUT2D eigenvalue weighted by molar-refractivity contribution is 7.09. The zero-order valence-corrected chi connectivity index (χ0v) is 21.0. The molecule has 0 radical (unpaired) electrons. The van der Waals surface area contributed by atoms with Crippen LogP contribution in [0.1, 0.15) is 16.1 Å². The molecular weight excluding hydrogens is 478 g/mol. The highest BCUT2D eigenvalue weighted by Gasteiger charge is 2.07. The Morgan fingerprint density at radius 3 is 2.77 bits per heavy atom. The number of hydrogen-bond donors (Lipinski definition) is 2. The molecule has 0 saturated heterocycles. The Labute approximate surface area is 213 Å². The first kappa shape index (κ1) is 23.4. The molecule has 0 aliphatic carbocycles. The fourth-order valence-electron chi connectivity index (χ4n) is 3.97. The molecule has 0 saturated carbocycles. The van der Waals surface area contributed by atoms with Gasteiger partial charge in [-0.05, 0) is 66.6 Å². The molecule has 0 atom stereocenters. The highest BCUT2D eigenvalue weighted by Crippen LogP contribution is 2.25. The Morgan fingerprint density at radius 2 is 1.91 bits per heavy atom. The maximum atomic E-state index is 6.02. The number of nitrogens with zero attached hydrogens (tertiary/aromatic N) is 1. The van der Waals surface area contributed by atoms with Crippen LogP contribution in [0.4, 0.5) is 0 Å². The Balaban J connectivity index is 1.12. The van der Waals surface area contributed by atoms with Gasteiger partial charge in [-0.2, -0.15) is 0 Å². The monoisotopic (exact) mass is 503 g/mol. The fraction of sp³-hybridized carbons (Fsp3) is 0.179. The summed E-state index contributed by atoms with van der Waals surface area (Å²) >= 11 is 7.58. The Morgan fingerprint density at radius 1 is 1.03 bits per heavy atom. The molecule has 7 heteroatoms. The van der Waals surface area contributed by atoms with Crippen LogP contribution >= 0.6 is 22.9 Å². The molecule has 0 spiro atoms. The molecular formula is C28H26ClN3O2S.